The summed E-state index contributed by atoms with van der Waals surface area (Å²) in [6.45, 7) is 1.67. The van der Waals surface area contributed by atoms with Crippen molar-refractivity contribution in [1.29, 1.82) is 0 Å². The van der Waals surface area contributed by atoms with Gasteiger partial charge in [-0.25, -0.2) is 4.39 Å². The fourth-order valence-electron chi connectivity index (χ4n) is 1.82. The Labute approximate surface area is 86.2 Å². The number of halogens is 1. The molecule has 0 bridgehead atoms. The molecule has 0 aromatic heterocycles. The van der Waals surface area contributed by atoms with E-state index >= 15 is 0 Å². The first-order valence-corrected chi connectivity index (χ1v) is 4.70. The number of carboxylic acid groups (broad SMARTS) is 1. The van der Waals surface area contributed by atoms with Gasteiger partial charge in [-0.15, -0.1) is 0 Å². The van der Waals surface area contributed by atoms with Crippen molar-refractivity contribution in [3.05, 3.63) is 29.1 Å². The molecule has 1 aliphatic carbocycles. The highest BCUT2D eigenvalue weighted by atomic mass is 19.1. The molecule has 0 radical (unpaired) electrons. The quantitative estimate of drug-likeness (QED) is 0.784. The molecule has 0 spiro atoms. The monoisotopic (exact) mass is 210 g/mol. The molecule has 0 amide bonds. The Morgan fingerprint density at radius 1 is 1.47 bits per heavy atom. The molecular formula is C11H11FO3. The predicted octanol–water partition coefficient (Wildman–Crippen LogP) is 1.96. The Hall–Kier alpha value is -1.58. The van der Waals surface area contributed by atoms with E-state index in [1.807, 2.05) is 0 Å². The smallest absolute Gasteiger partial charge is 0.314 e. The summed E-state index contributed by atoms with van der Waals surface area (Å²) in [4.78, 5) is 11.0. The molecule has 0 atom stereocenters. The van der Waals surface area contributed by atoms with Crippen LogP contribution in [0, 0.1) is 12.7 Å². The zero-order chi connectivity index (χ0) is 11.2. The van der Waals surface area contributed by atoms with E-state index in [0.29, 0.717) is 18.4 Å². The SMILES string of the molecule is Cc1cc(F)c(O)c(C2(C(=O)O)CC2)c1. The third-order valence-corrected chi connectivity index (χ3v) is 2.88. The number of carbonyl (C=O) groups is 1. The van der Waals surface area contributed by atoms with Crippen LogP contribution in [0.25, 0.3) is 0 Å². The lowest BCUT2D eigenvalue weighted by atomic mass is 9.93. The molecule has 1 aromatic carbocycles. The summed E-state index contributed by atoms with van der Waals surface area (Å²) < 4.78 is 13.2. The average molecular weight is 210 g/mol. The Kier molecular flexibility index (Phi) is 1.96. The molecule has 1 fully saturated rings. The fourth-order valence-corrected chi connectivity index (χ4v) is 1.82. The van der Waals surface area contributed by atoms with Crippen LogP contribution >= 0.6 is 0 Å². The molecule has 1 saturated carbocycles. The lowest BCUT2D eigenvalue weighted by Gasteiger charge is -2.13. The van der Waals surface area contributed by atoms with Gasteiger partial charge in [-0.05, 0) is 31.4 Å². The summed E-state index contributed by atoms with van der Waals surface area (Å²) >= 11 is 0. The Bertz CT molecular complexity index is 436. The number of phenolic OH excluding ortho intramolecular Hbond substituents is 1. The summed E-state index contributed by atoms with van der Waals surface area (Å²) in [7, 11) is 0. The van der Waals surface area contributed by atoms with Crippen molar-refractivity contribution in [2.45, 2.75) is 25.2 Å². The van der Waals surface area contributed by atoms with Gasteiger partial charge in [0.05, 0.1) is 5.41 Å². The highest BCUT2D eigenvalue weighted by Crippen LogP contribution is 2.51. The number of hydrogen-bond acceptors (Lipinski definition) is 2. The van der Waals surface area contributed by atoms with Crippen LogP contribution in [0.15, 0.2) is 12.1 Å². The van der Waals surface area contributed by atoms with E-state index in [9.17, 15) is 14.3 Å². The largest absolute Gasteiger partial charge is 0.505 e. The number of carboxylic acids is 1. The Morgan fingerprint density at radius 3 is 2.53 bits per heavy atom. The van der Waals surface area contributed by atoms with Gasteiger partial charge < -0.3 is 10.2 Å². The van der Waals surface area contributed by atoms with Crippen molar-refractivity contribution in [3.8, 4) is 5.75 Å². The predicted molar refractivity (Wildman–Crippen MR) is 51.3 cm³/mol. The number of phenols is 1. The maximum atomic E-state index is 13.2. The molecule has 0 saturated heterocycles. The lowest BCUT2D eigenvalue weighted by Crippen LogP contribution is -2.20. The van der Waals surface area contributed by atoms with Crippen molar-refractivity contribution in [2.24, 2.45) is 0 Å². The molecule has 2 N–H and O–H groups in total. The second kappa shape index (κ2) is 2.95. The van der Waals surface area contributed by atoms with Crippen molar-refractivity contribution in [1.82, 2.24) is 0 Å². The van der Waals surface area contributed by atoms with Gasteiger partial charge in [-0.2, -0.15) is 0 Å². The van der Waals surface area contributed by atoms with Crippen LogP contribution in [-0.2, 0) is 10.2 Å². The second-order valence-electron chi connectivity index (χ2n) is 4.03. The van der Waals surface area contributed by atoms with E-state index in [1.54, 1.807) is 13.0 Å². The molecule has 80 valence electrons. The van der Waals surface area contributed by atoms with Crippen LogP contribution in [0.3, 0.4) is 0 Å². The number of benzene rings is 1. The van der Waals surface area contributed by atoms with Crippen LogP contribution in [-0.4, -0.2) is 16.2 Å². The van der Waals surface area contributed by atoms with Gasteiger partial charge in [0.2, 0.25) is 0 Å². The molecule has 15 heavy (non-hydrogen) atoms. The van der Waals surface area contributed by atoms with Gasteiger partial charge in [0.25, 0.3) is 0 Å². The molecule has 0 heterocycles. The molecule has 3 nitrogen and oxygen atoms in total. The van der Waals surface area contributed by atoms with E-state index in [-0.39, 0.29) is 5.56 Å². The van der Waals surface area contributed by atoms with Crippen molar-refractivity contribution in [2.75, 3.05) is 0 Å². The van der Waals surface area contributed by atoms with E-state index in [2.05, 4.69) is 0 Å². The minimum Gasteiger partial charge on any atom is -0.505 e. The molecular weight excluding hydrogens is 199 g/mol. The minimum atomic E-state index is -1.06. The molecule has 1 aromatic rings. The third-order valence-electron chi connectivity index (χ3n) is 2.88. The van der Waals surface area contributed by atoms with E-state index in [1.165, 1.54) is 6.07 Å². The number of aryl methyl sites for hydroxylation is 1. The van der Waals surface area contributed by atoms with E-state index in [0.717, 1.165) is 0 Å². The van der Waals surface area contributed by atoms with Gasteiger partial charge in [0.1, 0.15) is 0 Å². The third kappa shape index (κ3) is 1.37. The van der Waals surface area contributed by atoms with Gasteiger partial charge in [-0.3, -0.25) is 4.79 Å². The van der Waals surface area contributed by atoms with Crippen LogP contribution in [0.1, 0.15) is 24.0 Å². The van der Waals surface area contributed by atoms with E-state index < -0.39 is 23.0 Å². The summed E-state index contributed by atoms with van der Waals surface area (Å²) in [5.74, 6) is -2.28. The zero-order valence-electron chi connectivity index (χ0n) is 8.25. The lowest BCUT2D eigenvalue weighted by molar-refractivity contribution is -0.140. The Morgan fingerprint density at radius 2 is 2.07 bits per heavy atom. The fraction of sp³-hybridized carbons (Fsp3) is 0.364. The van der Waals surface area contributed by atoms with Crippen molar-refractivity contribution >= 4 is 5.97 Å². The molecule has 2 rings (SSSR count). The maximum absolute atomic E-state index is 13.2. The molecule has 0 aliphatic heterocycles. The maximum Gasteiger partial charge on any atom is 0.314 e. The topological polar surface area (TPSA) is 57.5 Å². The van der Waals surface area contributed by atoms with Crippen LogP contribution in [0.5, 0.6) is 5.75 Å². The summed E-state index contributed by atoms with van der Waals surface area (Å²) in [6.07, 6.45) is 0.914. The van der Waals surface area contributed by atoms with E-state index in [4.69, 9.17) is 5.11 Å². The standard InChI is InChI=1S/C11H11FO3/c1-6-4-7(9(13)8(12)5-6)11(2-3-11)10(14)15/h4-5,13H,2-3H2,1H3,(H,14,15). The van der Waals surface area contributed by atoms with Gasteiger partial charge in [-0.1, -0.05) is 6.07 Å². The number of aliphatic carboxylic acids is 1. The van der Waals surface area contributed by atoms with Crippen molar-refractivity contribution in [3.63, 3.8) is 0 Å². The minimum absolute atomic E-state index is 0.201. The highest BCUT2D eigenvalue weighted by molar-refractivity contribution is 5.86. The molecule has 0 unspecified atom stereocenters. The average Bonchev–Trinajstić information content (AvgIpc) is 2.91. The first kappa shape index (κ1) is 9.96. The first-order chi connectivity index (χ1) is 6.97. The highest BCUT2D eigenvalue weighted by Gasteiger charge is 2.53. The number of aromatic hydroxyl groups is 1. The van der Waals surface area contributed by atoms with Crippen molar-refractivity contribution < 1.29 is 19.4 Å². The van der Waals surface area contributed by atoms with Crippen LogP contribution in [0.4, 0.5) is 4.39 Å². The zero-order valence-corrected chi connectivity index (χ0v) is 8.25. The molecule has 4 heteroatoms. The second-order valence-corrected chi connectivity index (χ2v) is 4.03. The van der Waals surface area contributed by atoms with Gasteiger partial charge in [0.15, 0.2) is 11.6 Å². The van der Waals surface area contributed by atoms with Gasteiger partial charge in [0, 0.05) is 5.56 Å². The summed E-state index contributed by atoms with van der Waals surface area (Å²) in [5, 5.41) is 18.5. The summed E-state index contributed by atoms with van der Waals surface area (Å²) in [6, 6.07) is 2.73. The van der Waals surface area contributed by atoms with Crippen LogP contribution in [0.2, 0.25) is 0 Å². The number of hydrogen-bond donors (Lipinski definition) is 2. The first-order valence-electron chi connectivity index (χ1n) is 4.70. The van der Waals surface area contributed by atoms with Crippen LogP contribution < -0.4 is 0 Å². The molecule has 1 aliphatic rings. The van der Waals surface area contributed by atoms with Gasteiger partial charge >= 0.3 is 5.97 Å². The summed E-state index contributed by atoms with van der Waals surface area (Å²) in [5.41, 5.74) is -0.239. The Balaban J connectivity index is 2.58. The number of rotatable bonds is 2. The normalized spacial score (nSPS) is 17.5.